The fourth-order valence-corrected chi connectivity index (χ4v) is 4.74. The molecule has 41 heavy (non-hydrogen) atoms. The number of hydrogen-bond donors (Lipinski definition) is 3. The number of ether oxygens (including phenoxy) is 1. The summed E-state index contributed by atoms with van der Waals surface area (Å²) in [6.45, 7) is 3.17. The highest BCUT2D eigenvalue weighted by atomic mass is 19.4. The first-order valence-electron chi connectivity index (χ1n) is 12.5. The Bertz CT molecular complexity index is 1620. The molecule has 0 atom stereocenters. The second kappa shape index (κ2) is 11.4. The number of hydrogen-bond acceptors (Lipinski definition) is 7. The second-order valence-electron chi connectivity index (χ2n) is 9.28. The molecule has 0 radical (unpaired) electrons. The number of carbonyl (C=O) groups excluding carboxylic acids is 1. The number of benzene rings is 2. The summed E-state index contributed by atoms with van der Waals surface area (Å²) in [7, 11) is 0. The standard InChI is InChI=1S/C27H24F4N8O2/c28-20-6-3-17(27(29,30)31)13-21(20)37-26(40)36-18-4-1-16(2-5-18)23-19(7-8-32)22(14-38-9-11-41-12-10-38)39-24(23)25(33)34-15-35-39/h1-6,13,15H,7,9-12,14H2,(H2,33,34,35)(H2,36,37,40). The maximum atomic E-state index is 14.0. The monoisotopic (exact) mass is 568 g/mol. The van der Waals surface area contributed by atoms with E-state index < -0.39 is 29.3 Å². The van der Waals surface area contributed by atoms with Gasteiger partial charge in [-0.05, 0) is 41.5 Å². The largest absolute Gasteiger partial charge is 0.416 e. The number of halogens is 4. The van der Waals surface area contributed by atoms with Crippen molar-refractivity contribution < 1.29 is 27.1 Å². The fraction of sp³-hybridized carbons (Fsp3) is 0.259. The summed E-state index contributed by atoms with van der Waals surface area (Å²) in [4.78, 5) is 18.8. The van der Waals surface area contributed by atoms with Crippen LogP contribution in [0.2, 0.25) is 0 Å². The number of nitrogens with zero attached hydrogens (tertiary/aromatic N) is 5. The molecule has 4 N–H and O–H groups in total. The summed E-state index contributed by atoms with van der Waals surface area (Å²) >= 11 is 0. The summed E-state index contributed by atoms with van der Waals surface area (Å²) in [5.41, 5.74) is 8.29. The molecule has 0 bridgehead atoms. The van der Waals surface area contributed by atoms with Crippen LogP contribution in [0.3, 0.4) is 0 Å². The number of nitriles is 1. The predicted molar refractivity (Wildman–Crippen MR) is 142 cm³/mol. The lowest BCUT2D eigenvalue weighted by molar-refractivity contribution is -0.137. The smallest absolute Gasteiger partial charge is 0.382 e. The van der Waals surface area contributed by atoms with Gasteiger partial charge >= 0.3 is 12.2 Å². The van der Waals surface area contributed by atoms with Crippen molar-refractivity contribution in [1.29, 1.82) is 5.26 Å². The lowest BCUT2D eigenvalue weighted by Crippen LogP contribution is -2.36. The average Bonchev–Trinajstić information content (AvgIpc) is 3.24. The Morgan fingerprint density at radius 2 is 1.85 bits per heavy atom. The van der Waals surface area contributed by atoms with Crippen LogP contribution in [0.25, 0.3) is 16.6 Å². The molecule has 2 aromatic carbocycles. The number of alkyl halides is 3. The third-order valence-corrected chi connectivity index (χ3v) is 6.67. The van der Waals surface area contributed by atoms with Crippen molar-refractivity contribution in [1.82, 2.24) is 19.5 Å². The summed E-state index contributed by atoms with van der Waals surface area (Å²) < 4.78 is 60.1. The zero-order chi connectivity index (χ0) is 29.1. The predicted octanol–water partition coefficient (Wildman–Crippen LogP) is 4.68. The second-order valence-corrected chi connectivity index (χ2v) is 9.28. The van der Waals surface area contributed by atoms with E-state index in [0.717, 1.165) is 24.3 Å². The molecule has 4 aromatic rings. The van der Waals surface area contributed by atoms with Gasteiger partial charge in [0, 0.05) is 30.9 Å². The van der Waals surface area contributed by atoms with Gasteiger partial charge in [0.2, 0.25) is 0 Å². The molecule has 10 nitrogen and oxygen atoms in total. The van der Waals surface area contributed by atoms with E-state index in [-0.39, 0.29) is 12.2 Å². The lowest BCUT2D eigenvalue weighted by atomic mass is 9.98. The highest BCUT2D eigenvalue weighted by Gasteiger charge is 2.31. The van der Waals surface area contributed by atoms with Gasteiger partial charge in [0.1, 0.15) is 17.7 Å². The van der Waals surface area contributed by atoms with E-state index in [0.29, 0.717) is 60.3 Å². The van der Waals surface area contributed by atoms with Crippen LogP contribution in [0.4, 0.5) is 39.5 Å². The van der Waals surface area contributed by atoms with E-state index >= 15 is 0 Å². The molecule has 2 amide bonds. The Hall–Kier alpha value is -4.74. The summed E-state index contributed by atoms with van der Waals surface area (Å²) in [6.07, 6.45) is -3.26. The number of carbonyl (C=O) groups is 1. The number of amides is 2. The van der Waals surface area contributed by atoms with Crippen molar-refractivity contribution in [2.75, 3.05) is 42.7 Å². The van der Waals surface area contributed by atoms with Crippen molar-refractivity contribution in [3.8, 4) is 17.2 Å². The Morgan fingerprint density at radius 1 is 1.12 bits per heavy atom. The van der Waals surface area contributed by atoms with Gasteiger partial charge in [-0.3, -0.25) is 4.90 Å². The third kappa shape index (κ3) is 5.91. The van der Waals surface area contributed by atoms with Crippen LogP contribution in [-0.2, 0) is 23.9 Å². The van der Waals surface area contributed by atoms with Crippen molar-refractivity contribution in [3.63, 3.8) is 0 Å². The number of nitrogen functional groups attached to an aromatic ring is 1. The van der Waals surface area contributed by atoms with Gasteiger partial charge in [-0.1, -0.05) is 12.1 Å². The van der Waals surface area contributed by atoms with E-state index in [2.05, 4.69) is 31.7 Å². The molecule has 0 saturated carbocycles. The maximum Gasteiger partial charge on any atom is 0.416 e. The van der Waals surface area contributed by atoms with Gasteiger partial charge in [-0.25, -0.2) is 18.7 Å². The van der Waals surface area contributed by atoms with E-state index in [1.807, 2.05) is 0 Å². The zero-order valence-corrected chi connectivity index (χ0v) is 21.5. The van der Waals surface area contributed by atoms with Crippen molar-refractivity contribution in [2.24, 2.45) is 0 Å². The van der Waals surface area contributed by atoms with Crippen molar-refractivity contribution >= 4 is 28.7 Å². The third-order valence-electron chi connectivity index (χ3n) is 6.67. The lowest BCUT2D eigenvalue weighted by Gasteiger charge is -2.26. The van der Waals surface area contributed by atoms with Crippen LogP contribution in [0.1, 0.15) is 16.8 Å². The average molecular weight is 569 g/mol. The number of aromatic nitrogens is 3. The Kier molecular flexibility index (Phi) is 7.73. The quantitative estimate of drug-likeness (QED) is 0.288. The molecule has 0 aliphatic carbocycles. The summed E-state index contributed by atoms with van der Waals surface area (Å²) in [5, 5.41) is 18.7. The van der Waals surface area contributed by atoms with Gasteiger partial charge in [0.25, 0.3) is 0 Å². The summed E-state index contributed by atoms with van der Waals surface area (Å²) in [5.74, 6) is -0.783. The van der Waals surface area contributed by atoms with Gasteiger partial charge in [-0.2, -0.15) is 23.5 Å². The zero-order valence-electron chi connectivity index (χ0n) is 21.5. The van der Waals surface area contributed by atoms with Crippen LogP contribution in [-0.4, -0.2) is 51.8 Å². The number of urea groups is 1. The van der Waals surface area contributed by atoms with Crippen LogP contribution in [0.15, 0.2) is 48.8 Å². The molecule has 1 aliphatic rings. The van der Waals surface area contributed by atoms with Gasteiger partial charge in [-0.15, -0.1) is 0 Å². The fourth-order valence-electron chi connectivity index (χ4n) is 4.74. The van der Waals surface area contributed by atoms with E-state index in [1.54, 1.807) is 28.8 Å². The van der Waals surface area contributed by atoms with Gasteiger partial charge in [0.15, 0.2) is 5.82 Å². The molecule has 0 unspecified atom stereocenters. The number of morpholine rings is 1. The molecular formula is C27H24F4N8O2. The Labute approximate surface area is 231 Å². The van der Waals surface area contributed by atoms with Crippen molar-refractivity contribution in [2.45, 2.75) is 19.1 Å². The number of rotatable bonds is 6. The minimum Gasteiger partial charge on any atom is -0.382 e. The number of anilines is 3. The van der Waals surface area contributed by atoms with E-state index in [9.17, 15) is 27.6 Å². The first-order chi connectivity index (χ1) is 19.7. The first-order valence-corrected chi connectivity index (χ1v) is 12.5. The van der Waals surface area contributed by atoms with Gasteiger partial charge < -0.3 is 21.1 Å². The number of nitrogens with one attached hydrogen (secondary N) is 2. The highest BCUT2D eigenvalue weighted by Crippen LogP contribution is 2.37. The molecule has 212 valence electrons. The van der Waals surface area contributed by atoms with E-state index in [4.69, 9.17) is 10.5 Å². The summed E-state index contributed by atoms with van der Waals surface area (Å²) in [6, 6.07) is 9.57. The number of nitrogens with two attached hydrogens (primary N) is 1. The molecule has 2 aromatic heterocycles. The maximum absolute atomic E-state index is 14.0. The molecule has 1 aliphatic heterocycles. The Morgan fingerprint density at radius 3 is 2.54 bits per heavy atom. The molecule has 14 heteroatoms. The van der Waals surface area contributed by atoms with Crippen LogP contribution in [0.5, 0.6) is 0 Å². The molecule has 1 fully saturated rings. The van der Waals surface area contributed by atoms with Gasteiger partial charge in [0.05, 0.1) is 42.6 Å². The highest BCUT2D eigenvalue weighted by molar-refractivity contribution is 6.00. The van der Waals surface area contributed by atoms with E-state index in [1.165, 1.54) is 6.33 Å². The minimum atomic E-state index is -4.69. The number of fused-ring (bicyclic) bond motifs is 1. The van der Waals surface area contributed by atoms with Crippen LogP contribution < -0.4 is 16.4 Å². The molecule has 0 spiro atoms. The van der Waals surface area contributed by atoms with Crippen LogP contribution >= 0.6 is 0 Å². The molecule has 1 saturated heterocycles. The first kappa shape index (κ1) is 27.8. The van der Waals surface area contributed by atoms with Crippen LogP contribution in [0, 0.1) is 17.1 Å². The normalized spacial score (nSPS) is 14.1. The topological polar surface area (TPSA) is 134 Å². The molecular weight excluding hydrogens is 544 g/mol. The Balaban J connectivity index is 1.43. The SMILES string of the molecule is N#CCc1c(-c2ccc(NC(=O)Nc3cc(C(F)(F)F)ccc3F)cc2)c2c(N)ncnn2c1CN1CCOCC1. The molecule has 5 rings (SSSR count). The minimum absolute atomic E-state index is 0.0861. The van der Waals surface area contributed by atoms with Crippen molar-refractivity contribution in [3.05, 3.63) is 71.4 Å². The molecule has 3 heterocycles.